The maximum atomic E-state index is 8.71. The molecule has 0 aromatic carbocycles. The van der Waals surface area contributed by atoms with E-state index in [9.17, 15) is 0 Å². The molecule has 0 saturated carbocycles. The van der Waals surface area contributed by atoms with Crippen molar-refractivity contribution in [1.29, 1.82) is 0 Å². The summed E-state index contributed by atoms with van der Waals surface area (Å²) in [5.74, 6) is 1.55. The highest BCUT2D eigenvalue weighted by molar-refractivity contribution is 7.99. The summed E-state index contributed by atoms with van der Waals surface area (Å²) < 4.78 is 0. The van der Waals surface area contributed by atoms with Crippen molar-refractivity contribution in [2.24, 2.45) is 0 Å². The van der Waals surface area contributed by atoms with Gasteiger partial charge in [-0.05, 0) is 13.8 Å². The maximum absolute atomic E-state index is 8.71. The lowest BCUT2D eigenvalue weighted by molar-refractivity contribution is 0.322. The molecule has 0 saturated heterocycles. The normalized spacial score (nSPS) is 10.2. The topological polar surface area (TPSA) is 58.0 Å². The van der Waals surface area contributed by atoms with Gasteiger partial charge in [0.25, 0.3) is 0 Å². The highest BCUT2D eigenvalue weighted by Gasteiger charge is 2.05. The molecule has 0 spiro atoms. The van der Waals surface area contributed by atoms with Crippen LogP contribution in [0.15, 0.2) is 11.4 Å². The summed E-state index contributed by atoms with van der Waals surface area (Å²) in [4.78, 5) is 8.30. The fraction of sp³-hybridized carbons (Fsp3) is 0.556. The Morgan fingerprint density at radius 1 is 1.50 bits per heavy atom. The van der Waals surface area contributed by atoms with Crippen molar-refractivity contribution < 1.29 is 5.11 Å². The molecule has 0 atom stereocenters. The molecule has 5 heteroatoms. The number of nitrogens with one attached hydrogen (secondary N) is 1. The number of hydrogen-bond acceptors (Lipinski definition) is 5. The van der Waals surface area contributed by atoms with Crippen LogP contribution in [-0.2, 0) is 0 Å². The third-order valence-electron chi connectivity index (χ3n) is 1.71. The second kappa shape index (κ2) is 5.82. The van der Waals surface area contributed by atoms with Gasteiger partial charge in [0.15, 0.2) is 0 Å². The average Bonchev–Trinajstić information content (AvgIpc) is 2.20. The Bertz CT molecular complexity index is 293. The Morgan fingerprint density at radius 2 is 2.29 bits per heavy atom. The lowest BCUT2D eigenvalue weighted by Gasteiger charge is -2.08. The SMILES string of the molecule is CCNc1ncnc(SCCO)c1C. The van der Waals surface area contributed by atoms with Crippen LogP contribution in [0, 0.1) is 6.92 Å². The van der Waals surface area contributed by atoms with E-state index in [1.54, 1.807) is 18.1 Å². The van der Waals surface area contributed by atoms with Crippen molar-refractivity contribution in [3.05, 3.63) is 11.9 Å². The van der Waals surface area contributed by atoms with Gasteiger partial charge in [0.1, 0.15) is 17.2 Å². The molecule has 14 heavy (non-hydrogen) atoms. The van der Waals surface area contributed by atoms with Crippen LogP contribution in [0.2, 0.25) is 0 Å². The van der Waals surface area contributed by atoms with Gasteiger partial charge >= 0.3 is 0 Å². The molecule has 0 aliphatic carbocycles. The highest BCUT2D eigenvalue weighted by Crippen LogP contribution is 2.23. The largest absolute Gasteiger partial charge is 0.396 e. The second-order valence-corrected chi connectivity index (χ2v) is 3.84. The smallest absolute Gasteiger partial charge is 0.133 e. The molecule has 78 valence electrons. The minimum absolute atomic E-state index is 0.171. The summed E-state index contributed by atoms with van der Waals surface area (Å²) in [6, 6.07) is 0. The van der Waals surface area contributed by atoms with Crippen LogP contribution in [0.3, 0.4) is 0 Å². The van der Waals surface area contributed by atoms with Gasteiger partial charge in [-0.1, -0.05) is 0 Å². The van der Waals surface area contributed by atoms with E-state index in [-0.39, 0.29) is 6.61 Å². The summed E-state index contributed by atoms with van der Waals surface area (Å²) in [5, 5.41) is 12.8. The second-order valence-electron chi connectivity index (χ2n) is 2.75. The molecule has 0 aliphatic heterocycles. The number of hydrogen-bond donors (Lipinski definition) is 2. The molecule has 4 nitrogen and oxygen atoms in total. The molecule has 1 rings (SSSR count). The molecular formula is C9H15N3OS. The molecule has 1 aromatic rings. The van der Waals surface area contributed by atoms with Gasteiger partial charge in [-0.3, -0.25) is 0 Å². The predicted octanol–water partition coefficient (Wildman–Crippen LogP) is 1.30. The van der Waals surface area contributed by atoms with Crippen LogP contribution < -0.4 is 5.32 Å². The van der Waals surface area contributed by atoms with Crippen molar-refractivity contribution in [3.63, 3.8) is 0 Å². The fourth-order valence-corrected chi connectivity index (χ4v) is 1.79. The van der Waals surface area contributed by atoms with Crippen molar-refractivity contribution in [2.45, 2.75) is 18.9 Å². The van der Waals surface area contributed by atoms with Gasteiger partial charge in [-0.25, -0.2) is 9.97 Å². The van der Waals surface area contributed by atoms with E-state index in [2.05, 4.69) is 15.3 Å². The summed E-state index contributed by atoms with van der Waals surface area (Å²) in [6.45, 7) is 5.03. The first-order valence-electron chi connectivity index (χ1n) is 4.58. The van der Waals surface area contributed by atoms with Crippen LogP contribution in [0.25, 0.3) is 0 Å². The van der Waals surface area contributed by atoms with Gasteiger partial charge in [-0.15, -0.1) is 11.8 Å². The Balaban J connectivity index is 2.78. The van der Waals surface area contributed by atoms with E-state index >= 15 is 0 Å². The number of nitrogens with zero attached hydrogens (tertiary/aromatic N) is 2. The van der Waals surface area contributed by atoms with Gasteiger partial charge in [-0.2, -0.15) is 0 Å². The molecule has 2 N–H and O–H groups in total. The van der Waals surface area contributed by atoms with E-state index in [1.807, 2.05) is 13.8 Å². The van der Waals surface area contributed by atoms with Crippen molar-refractivity contribution in [1.82, 2.24) is 9.97 Å². The standard InChI is InChI=1S/C9H15N3OS/c1-3-10-8-7(2)9(12-6-11-8)14-5-4-13/h6,13H,3-5H2,1-2H3,(H,10,11,12). The highest BCUT2D eigenvalue weighted by atomic mass is 32.2. The van der Waals surface area contributed by atoms with Crippen LogP contribution in [-0.4, -0.2) is 34.0 Å². The van der Waals surface area contributed by atoms with Crippen LogP contribution in [0.5, 0.6) is 0 Å². The van der Waals surface area contributed by atoms with E-state index in [0.717, 1.165) is 23.0 Å². The molecule has 1 heterocycles. The third kappa shape index (κ3) is 2.85. The number of aliphatic hydroxyl groups is 1. The van der Waals surface area contributed by atoms with Crippen molar-refractivity contribution in [2.75, 3.05) is 24.2 Å². The monoisotopic (exact) mass is 213 g/mol. The van der Waals surface area contributed by atoms with Crippen molar-refractivity contribution in [3.8, 4) is 0 Å². The van der Waals surface area contributed by atoms with Gasteiger partial charge in [0, 0.05) is 17.9 Å². The molecule has 0 bridgehead atoms. The summed E-state index contributed by atoms with van der Waals surface area (Å²) >= 11 is 1.55. The van der Waals surface area contributed by atoms with E-state index < -0.39 is 0 Å². The number of aliphatic hydroxyl groups excluding tert-OH is 1. The van der Waals surface area contributed by atoms with Gasteiger partial charge in [0.05, 0.1) is 6.61 Å². The van der Waals surface area contributed by atoms with Crippen molar-refractivity contribution >= 4 is 17.6 Å². The van der Waals surface area contributed by atoms with Crippen LogP contribution in [0.1, 0.15) is 12.5 Å². The maximum Gasteiger partial charge on any atom is 0.133 e. The minimum Gasteiger partial charge on any atom is -0.396 e. The number of thioether (sulfide) groups is 1. The molecule has 0 aliphatic rings. The third-order valence-corrected chi connectivity index (χ3v) is 2.78. The lowest BCUT2D eigenvalue weighted by atomic mass is 10.3. The molecule has 0 fully saturated rings. The van der Waals surface area contributed by atoms with Crippen LogP contribution >= 0.6 is 11.8 Å². The minimum atomic E-state index is 0.171. The first-order chi connectivity index (χ1) is 6.79. The first-order valence-corrected chi connectivity index (χ1v) is 5.57. The fourth-order valence-electron chi connectivity index (χ4n) is 1.07. The molecule has 1 aromatic heterocycles. The first kappa shape index (κ1) is 11.3. The van der Waals surface area contributed by atoms with Gasteiger partial charge in [0.2, 0.25) is 0 Å². The van der Waals surface area contributed by atoms with E-state index in [4.69, 9.17) is 5.11 Å². The zero-order chi connectivity index (χ0) is 10.4. The molecule has 0 radical (unpaired) electrons. The number of rotatable bonds is 5. The van der Waals surface area contributed by atoms with Gasteiger partial charge < -0.3 is 10.4 Å². The van der Waals surface area contributed by atoms with E-state index in [0.29, 0.717) is 5.75 Å². The lowest BCUT2D eigenvalue weighted by Crippen LogP contribution is -2.03. The van der Waals surface area contributed by atoms with Crippen LogP contribution in [0.4, 0.5) is 5.82 Å². The molecule has 0 amide bonds. The summed E-state index contributed by atoms with van der Waals surface area (Å²) in [7, 11) is 0. The molecular weight excluding hydrogens is 198 g/mol. The zero-order valence-electron chi connectivity index (χ0n) is 8.45. The number of anilines is 1. The van der Waals surface area contributed by atoms with E-state index in [1.165, 1.54) is 0 Å². The summed E-state index contributed by atoms with van der Waals surface area (Å²) in [6.07, 6.45) is 1.55. The quantitative estimate of drug-likeness (QED) is 0.570. The Morgan fingerprint density at radius 3 is 2.93 bits per heavy atom. The molecule has 0 unspecified atom stereocenters. The Kier molecular flexibility index (Phi) is 4.69. The predicted molar refractivity (Wildman–Crippen MR) is 58.7 cm³/mol. The summed E-state index contributed by atoms with van der Waals surface area (Å²) in [5.41, 5.74) is 1.05. The zero-order valence-corrected chi connectivity index (χ0v) is 9.27. The Hall–Kier alpha value is -0.810. The number of aromatic nitrogens is 2. The average molecular weight is 213 g/mol. The Labute approximate surface area is 88.2 Å².